The van der Waals surface area contributed by atoms with Gasteiger partial charge in [-0.3, -0.25) is 9.36 Å². The Hall–Kier alpha value is -3.34. The second-order valence-electron chi connectivity index (χ2n) is 5.80. The third-order valence-corrected chi connectivity index (χ3v) is 4.73. The number of aryl methyl sites for hydroxylation is 1. The number of rotatable bonds is 3. The molecule has 4 aromatic rings. The molecule has 142 valence electrons. The highest BCUT2D eigenvalue weighted by Crippen LogP contribution is 2.33. The molecule has 0 aliphatic heterocycles. The summed E-state index contributed by atoms with van der Waals surface area (Å²) in [6.45, 7) is 1.66. The highest BCUT2D eigenvalue weighted by atomic mass is 32.1. The topological polar surface area (TPSA) is 85.6 Å². The molecule has 3 aromatic heterocycles. The molecule has 0 aliphatic rings. The molecule has 0 unspecified atom stereocenters. The van der Waals surface area contributed by atoms with E-state index in [1.54, 1.807) is 19.1 Å². The van der Waals surface area contributed by atoms with E-state index in [-0.39, 0.29) is 16.9 Å². The second-order valence-corrected chi connectivity index (χ2v) is 6.56. The van der Waals surface area contributed by atoms with E-state index >= 15 is 0 Å². The monoisotopic (exact) mass is 404 g/mol. The van der Waals surface area contributed by atoms with Crippen molar-refractivity contribution in [1.82, 2.24) is 24.1 Å². The summed E-state index contributed by atoms with van der Waals surface area (Å²) in [6.07, 6.45) is -3.36. The molecule has 0 fully saturated rings. The molecule has 11 heteroatoms. The summed E-state index contributed by atoms with van der Waals surface area (Å²) in [5.74, 6) is -1.44. The molecule has 0 radical (unpaired) electrons. The molecule has 28 heavy (non-hydrogen) atoms. The fourth-order valence-corrected chi connectivity index (χ4v) is 3.22. The van der Waals surface area contributed by atoms with Crippen LogP contribution in [0.4, 0.5) is 18.9 Å². The number of nitrogens with one attached hydrogen (secondary N) is 1. The first-order chi connectivity index (χ1) is 13.3. The average molecular weight is 404 g/mol. The maximum absolute atomic E-state index is 13.4. The normalized spacial score (nSPS) is 11.7. The number of pyridine rings is 1. The summed E-state index contributed by atoms with van der Waals surface area (Å²) in [5, 5.41) is 6.39. The molecule has 0 saturated heterocycles. The first-order valence-corrected chi connectivity index (χ1v) is 8.73. The maximum atomic E-state index is 13.4. The molecule has 1 aromatic carbocycles. The number of nitrogens with zero attached hydrogens (tertiary/aromatic N) is 5. The van der Waals surface area contributed by atoms with Gasteiger partial charge in [0.05, 0.1) is 28.6 Å². The molecule has 3 heterocycles. The van der Waals surface area contributed by atoms with E-state index in [2.05, 4.69) is 24.9 Å². The molecule has 0 atom stereocenters. The number of hydrogen-bond acceptors (Lipinski definition) is 6. The van der Waals surface area contributed by atoms with Crippen molar-refractivity contribution >= 4 is 34.2 Å². The molecule has 0 aliphatic carbocycles. The predicted octanol–water partition coefficient (Wildman–Crippen LogP) is 3.85. The average Bonchev–Trinajstić information content (AvgIpc) is 3.26. The number of para-hydroxylation sites is 2. The summed E-state index contributed by atoms with van der Waals surface area (Å²) >= 11 is 0.953. The van der Waals surface area contributed by atoms with Gasteiger partial charge in [-0.2, -0.15) is 13.2 Å². The van der Waals surface area contributed by atoms with Crippen LogP contribution in [0.5, 0.6) is 0 Å². The van der Waals surface area contributed by atoms with Crippen molar-refractivity contribution < 1.29 is 18.0 Å². The van der Waals surface area contributed by atoms with Crippen LogP contribution >= 0.6 is 11.5 Å². The van der Waals surface area contributed by atoms with Crippen LogP contribution in [0.25, 0.3) is 16.9 Å². The van der Waals surface area contributed by atoms with Crippen LogP contribution in [0, 0.1) is 6.92 Å². The lowest BCUT2D eigenvalue weighted by Gasteiger charge is -2.11. The first-order valence-electron chi connectivity index (χ1n) is 7.96. The Morgan fingerprint density at radius 2 is 1.96 bits per heavy atom. The Labute approximate surface area is 160 Å². The van der Waals surface area contributed by atoms with Gasteiger partial charge in [0.2, 0.25) is 5.82 Å². The molecular weight excluding hydrogens is 393 g/mol. The van der Waals surface area contributed by atoms with Crippen LogP contribution < -0.4 is 5.32 Å². The molecule has 7 nitrogen and oxygen atoms in total. The number of benzene rings is 1. The highest BCUT2D eigenvalue weighted by molar-refractivity contribution is 7.08. The number of alkyl halides is 3. The second kappa shape index (κ2) is 6.68. The number of aromatic nitrogens is 5. The number of imidazole rings is 1. The molecule has 4 rings (SSSR count). The SMILES string of the molecule is Cc1nnsc1C(=O)Nc1ccc(-n2c(C(F)(F)F)nc3ccccc32)nc1. The van der Waals surface area contributed by atoms with E-state index in [0.717, 1.165) is 16.1 Å². The van der Waals surface area contributed by atoms with E-state index in [0.29, 0.717) is 16.3 Å². The number of carbonyl (C=O) groups excluding carboxylic acids is 1. The first kappa shape index (κ1) is 18.0. The number of anilines is 1. The van der Waals surface area contributed by atoms with E-state index < -0.39 is 17.9 Å². The van der Waals surface area contributed by atoms with E-state index in [4.69, 9.17) is 0 Å². The van der Waals surface area contributed by atoms with Crippen molar-refractivity contribution in [3.05, 3.63) is 59.0 Å². The fraction of sp³-hybridized carbons (Fsp3) is 0.118. The third-order valence-electron chi connectivity index (χ3n) is 3.91. The Balaban J connectivity index is 1.70. The van der Waals surface area contributed by atoms with Gasteiger partial charge in [-0.15, -0.1) is 5.10 Å². The quantitative estimate of drug-likeness (QED) is 0.561. The Morgan fingerprint density at radius 1 is 1.18 bits per heavy atom. The number of fused-ring (bicyclic) bond motifs is 1. The van der Waals surface area contributed by atoms with Gasteiger partial charge in [-0.25, -0.2) is 9.97 Å². The smallest absolute Gasteiger partial charge is 0.320 e. The highest BCUT2D eigenvalue weighted by Gasteiger charge is 2.38. The standard InChI is InChI=1S/C17H11F3N6OS/c1-9-14(28-25-24-9)15(27)22-10-6-7-13(21-8-10)26-12-5-3-2-4-11(12)23-16(26)17(18,19)20/h2-8H,1H3,(H,22,27). The number of amides is 1. The summed E-state index contributed by atoms with van der Waals surface area (Å²) in [6, 6.07) is 9.13. The van der Waals surface area contributed by atoms with Gasteiger partial charge < -0.3 is 5.32 Å². The van der Waals surface area contributed by atoms with Gasteiger partial charge in [0.25, 0.3) is 5.91 Å². The van der Waals surface area contributed by atoms with E-state index in [1.807, 2.05) is 0 Å². The van der Waals surface area contributed by atoms with Gasteiger partial charge in [-0.05, 0) is 42.7 Å². The van der Waals surface area contributed by atoms with Crippen LogP contribution in [-0.4, -0.2) is 30.0 Å². The minimum atomic E-state index is -4.65. The number of halogens is 3. The van der Waals surface area contributed by atoms with Crippen molar-refractivity contribution in [3.8, 4) is 5.82 Å². The maximum Gasteiger partial charge on any atom is 0.450 e. The van der Waals surface area contributed by atoms with Crippen molar-refractivity contribution in [3.63, 3.8) is 0 Å². The summed E-state index contributed by atoms with van der Waals surface area (Å²) < 4.78 is 45.0. The molecule has 0 saturated carbocycles. The molecule has 1 amide bonds. The van der Waals surface area contributed by atoms with Crippen LogP contribution in [0.2, 0.25) is 0 Å². The van der Waals surface area contributed by atoms with E-state index in [1.165, 1.54) is 30.5 Å². The lowest BCUT2D eigenvalue weighted by atomic mass is 10.3. The lowest BCUT2D eigenvalue weighted by molar-refractivity contribution is -0.145. The predicted molar refractivity (Wildman–Crippen MR) is 96.5 cm³/mol. The Bertz CT molecular complexity index is 1170. The minimum absolute atomic E-state index is 0.0367. The number of carbonyl (C=O) groups is 1. The molecule has 0 bridgehead atoms. The van der Waals surface area contributed by atoms with Crippen LogP contribution in [0.3, 0.4) is 0 Å². The minimum Gasteiger partial charge on any atom is -0.320 e. The van der Waals surface area contributed by atoms with E-state index in [9.17, 15) is 18.0 Å². The van der Waals surface area contributed by atoms with Crippen LogP contribution in [0.15, 0.2) is 42.6 Å². The van der Waals surface area contributed by atoms with Crippen LogP contribution in [0.1, 0.15) is 21.2 Å². The number of hydrogen-bond donors (Lipinski definition) is 1. The van der Waals surface area contributed by atoms with Gasteiger partial charge >= 0.3 is 6.18 Å². The Kier molecular flexibility index (Phi) is 4.30. The van der Waals surface area contributed by atoms with Crippen molar-refractivity contribution in [2.45, 2.75) is 13.1 Å². The zero-order valence-corrected chi connectivity index (χ0v) is 15.0. The van der Waals surface area contributed by atoms with Gasteiger partial charge in [0, 0.05) is 0 Å². The van der Waals surface area contributed by atoms with Gasteiger partial charge in [-0.1, -0.05) is 16.6 Å². The lowest BCUT2D eigenvalue weighted by Crippen LogP contribution is -2.15. The molecule has 1 N–H and O–H groups in total. The largest absolute Gasteiger partial charge is 0.450 e. The zero-order valence-electron chi connectivity index (χ0n) is 14.2. The molecule has 0 spiro atoms. The van der Waals surface area contributed by atoms with Crippen molar-refractivity contribution in [1.29, 1.82) is 0 Å². The molecular formula is C17H11F3N6OS. The third kappa shape index (κ3) is 3.20. The summed E-state index contributed by atoms with van der Waals surface area (Å²) in [4.78, 5) is 20.3. The summed E-state index contributed by atoms with van der Waals surface area (Å²) in [7, 11) is 0. The summed E-state index contributed by atoms with van der Waals surface area (Å²) in [5.41, 5.74) is 1.32. The van der Waals surface area contributed by atoms with Gasteiger partial charge in [0.15, 0.2) is 0 Å². The van der Waals surface area contributed by atoms with Gasteiger partial charge in [0.1, 0.15) is 10.7 Å². The van der Waals surface area contributed by atoms with Crippen molar-refractivity contribution in [2.75, 3.05) is 5.32 Å². The fourth-order valence-electron chi connectivity index (χ4n) is 2.67. The zero-order chi connectivity index (χ0) is 19.9. The van der Waals surface area contributed by atoms with Crippen molar-refractivity contribution in [2.24, 2.45) is 0 Å². The van der Waals surface area contributed by atoms with Crippen LogP contribution in [-0.2, 0) is 6.18 Å². The Morgan fingerprint density at radius 3 is 2.61 bits per heavy atom.